The van der Waals surface area contributed by atoms with Crippen LogP contribution in [0.3, 0.4) is 0 Å². The molecule has 8 heteroatoms. The molecular weight excluding hydrogens is 324 g/mol. The second kappa shape index (κ2) is 6.40. The minimum Gasteiger partial charge on any atom is -0.351 e. The maximum absolute atomic E-state index is 12.1. The van der Waals surface area contributed by atoms with Crippen molar-refractivity contribution >= 4 is 34.8 Å². The summed E-state index contributed by atoms with van der Waals surface area (Å²) in [5.74, 6) is 0.741. The molecule has 0 bridgehead atoms. The Kier molecular flexibility index (Phi) is 3.96. The lowest BCUT2D eigenvalue weighted by Gasteiger charge is -2.17. The van der Waals surface area contributed by atoms with Gasteiger partial charge in [-0.25, -0.2) is 4.98 Å². The van der Waals surface area contributed by atoms with E-state index in [4.69, 9.17) is 0 Å². The molecule has 1 aliphatic rings. The highest BCUT2D eigenvalue weighted by molar-refractivity contribution is 7.10. The van der Waals surface area contributed by atoms with Gasteiger partial charge in [0.05, 0.1) is 0 Å². The predicted molar refractivity (Wildman–Crippen MR) is 92.9 cm³/mol. The molecule has 0 aliphatic carbocycles. The van der Waals surface area contributed by atoms with Gasteiger partial charge in [-0.3, -0.25) is 9.20 Å². The van der Waals surface area contributed by atoms with E-state index in [1.165, 1.54) is 0 Å². The number of fused-ring (bicyclic) bond motifs is 1. The number of carbonyl (C=O) groups is 1. The Hall–Kier alpha value is -2.74. The molecule has 0 saturated carbocycles. The van der Waals surface area contributed by atoms with Gasteiger partial charge in [0.2, 0.25) is 11.6 Å². The molecule has 1 atom stereocenters. The fourth-order valence-electron chi connectivity index (χ4n) is 2.83. The molecule has 3 aromatic rings. The van der Waals surface area contributed by atoms with Crippen LogP contribution in [-0.2, 0) is 4.79 Å². The molecule has 1 amide bonds. The summed E-state index contributed by atoms with van der Waals surface area (Å²) in [7, 11) is 0. The van der Waals surface area contributed by atoms with Crippen molar-refractivity contribution in [2.75, 3.05) is 18.0 Å². The molecule has 1 aliphatic heterocycles. The summed E-state index contributed by atoms with van der Waals surface area (Å²) in [6.45, 7) is 1.55. The van der Waals surface area contributed by atoms with Crippen molar-refractivity contribution in [2.24, 2.45) is 0 Å². The van der Waals surface area contributed by atoms with Gasteiger partial charge in [0.25, 0.3) is 0 Å². The molecule has 1 fully saturated rings. The highest BCUT2D eigenvalue weighted by atomic mass is 32.1. The third-order valence-electron chi connectivity index (χ3n) is 3.97. The molecule has 1 saturated heterocycles. The summed E-state index contributed by atoms with van der Waals surface area (Å²) in [6.07, 6.45) is 9.53. The van der Waals surface area contributed by atoms with E-state index < -0.39 is 0 Å². The fourth-order valence-corrected chi connectivity index (χ4v) is 3.45. The van der Waals surface area contributed by atoms with E-state index >= 15 is 0 Å². The van der Waals surface area contributed by atoms with E-state index in [-0.39, 0.29) is 11.9 Å². The van der Waals surface area contributed by atoms with Crippen LogP contribution >= 0.6 is 11.3 Å². The molecule has 0 spiro atoms. The van der Waals surface area contributed by atoms with Crippen LogP contribution in [0.5, 0.6) is 0 Å². The number of carbonyl (C=O) groups excluding carboxylic acids is 1. The Balaban J connectivity index is 1.40. The van der Waals surface area contributed by atoms with Gasteiger partial charge in [-0.15, -0.1) is 21.5 Å². The number of rotatable bonds is 4. The lowest BCUT2D eigenvalue weighted by atomic mass is 10.2. The van der Waals surface area contributed by atoms with E-state index in [1.54, 1.807) is 29.9 Å². The topological polar surface area (TPSA) is 75.4 Å². The summed E-state index contributed by atoms with van der Waals surface area (Å²) in [5, 5.41) is 13.1. The maximum atomic E-state index is 12.1. The van der Waals surface area contributed by atoms with Crippen molar-refractivity contribution in [3.63, 3.8) is 0 Å². The quantitative estimate of drug-likeness (QED) is 0.730. The lowest BCUT2D eigenvalue weighted by molar-refractivity contribution is -0.117. The van der Waals surface area contributed by atoms with Gasteiger partial charge in [-0.1, -0.05) is 6.07 Å². The molecule has 3 aromatic heterocycles. The van der Waals surface area contributed by atoms with Crippen LogP contribution in [0.15, 0.2) is 42.3 Å². The first-order valence-electron chi connectivity index (χ1n) is 7.71. The van der Waals surface area contributed by atoms with Gasteiger partial charge in [0, 0.05) is 42.5 Å². The van der Waals surface area contributed by atoms with Crippen LogP contribution in [0.1, 0.15) is 11.3 Å². The van der Waals surface area contributed by atoms with Crippen LogP contribution in [-0.4, -0.2) is 44.6 Å². The van der Waals surface area contributed by atoms with E-state index in [0.29, 0.717) is 0 Å². The Morgan fingerprint density at radius 3 is 3.29 bits per heavy atom. The average Bonchev–Trinajstić information content (AvgIpc) is 3.33. The molecule has 4 heterocycles. The summed E-state index contributed by atoms with van der Waals surface area (Å²) in [6, 6.07) is 4.06. The monoisotopic (exact) mass is 340 g/mol. The van der Waals surface area contributed by atoms with Gasteiger partial charge in [-0.05, 0) is 23.9 Å². The number of hydrogen-bond acceptors (Lipinski definition) is 6. The van der Waals surface area contributed by atoms with Crippen LogP contribution < -0.4 is 10.2 Å². The van der Waals surface area contributed by atoms with Crippen LogP contribution in [0, 0.1) is 0 Å². The minimum absolute atomic E-state index is 0.0658. The Bertz CT molecular complexity index is 872. The first kappa shape index (κ1) is 14.8. The molecule has 7 nitrogen and oxygen atoms in total. The van der Waals surface area contributed by atoms with Crippen molar-refractivity contribution in [3.05, 3.63) is 47.2 Å². The molecule has 122 valence electrons. The molecule has 0 aromatic carbocycles. The second-order valence-electron chi connectivity index (χ2n) is 5.60. The zero-order chi connectivity index (χ0) is 16.4. The molecule has 4 rings (SSSR count). The molecule has 0 unspecified atom stereocenters. The van der Waals surface area contributed by atoms with Gasteiger partial charge in [0.1, 0.15) is 6.33 Å². The van der Waals surface area contributed by atoms with Gasteiger partial charge >= 0.3 is 0 Å². The van der Waals surface area contributed by atoms with Crippen molar-refractivity contribution in [3.8, 4) is 0 Å². The largest absolute Gasteiger partial charge is 0.351 e. The van der Waals surface area contributed by atoms with Crippen molar-refractivity contribution in [1.82, 2.24) is 24.9 Å². The number of hydrogen-bond donors (Lipinski definition) is 1. The number of amides is 1. The summed E-state index contributed by atoms with van der Waals surface area (Å²) >= 11 is 1.61. The van der Waals surface area contributed by atoms with Gasteiger partial charge in [0.15, 0.2) is 5.82 Å². The minimum atomic E-state index is -0.0658. The molecule has 24 heavy (non-hydrogen) atoms. The zero-order valence-corrected chi connectivity index (χ0v) is 13.7. The second-order valence-corrected chi connectivity index (χ2v) is 6.58. The summed E-state index contributed by atoms with van der Waals surface area (Å²) in [4.78, 5) is 19.7. The highest BCUT2D eigenvalue weighted by Gasteiger charge is 2.26. The van der Waals surface area contributed by atoms with Gasteiger partial charge in [-0.2, -0.15) is 0 Å². The smallest absolute Gasteiger partial charge is 0.244 e. The van der Waals surface area contributed by atoms with E-state index in [0.717, 1.165) is 35.9 Å². The standard InChI is InChI=1S/C16H16N6OS/c23-14(4-3-13-2-1-9-24-13)19-12-5-7-21(10-12)15-16-20-18-11-22(16)8-6-17-15/h1-4,6,8-9,11-12H,5,7,10H2,(H,19,23)/b4-3+/t12-/m0/s1. The van der Waals surface area contributed by atoms with Crippen molar-refractivity contribution < 1.29 is 4.79 Å². The van der Waals surface area contributed by atoms with E-state index in [2.05, 4.69) is 25.4 Å². The fraction of sp³-hybridized carbons (Fsp3) is 0.250. The highest BCUT2D eigenvalue weighted by Crippen LogP contribution is 2.21. The average molecular weight is 340 g/mol. The predicted octanol–water partition coefficient (Wildman–Crippen LogP) is 1.59. The molecule has 0 radical (unpaired) electrons. The van der Waals surface area contributed by atoms with Crippen LogP contribution in [0.25, 0.3) is 11.7 Å². The zero-order valence-electron chi connectivity index (χ0n) is 12.9. The number of nitrogens with zero attached hydrogens (tertiary/aromatic N) is 5. The Labute approximate surface area is 142 Å². The third kappa shape index (κ3) is 3.00. The summed E-state index contributed by atoms with van der Waals surface area (Å²) in [5.41, 5.74) is 0.738. The number of aromatic nitrogens is 4. The maximum Gasteiger partial charge on any atom is 0.244 e. The SMILES string of the molecule is O=C(/C=C/c1cccs1)N[C@H]1CCN(c2nccn3cnnc23)C1. The van der Waals surface area contributed by atoms with Crippen molar-refractivity contribution in [1.29, 1.82) is 0 Å². The molecular formula is C16H16N6OS. The Morgan fingerprint density at radius 1 is 1.46 bits per heavy atom. The number of nitrogens with one attached hydrogen (secondary N) is 1. The normalized spacial score (nSPS) is 17.8. The first-order chi connectivity index (χ1) is 11.8. The Morgan fingerprint density at radius 2 is 2.42 bits per heavy atom. The van der Waals surface area contributed by atoms with Crippen molar-refractivity contribution in [2.45, 2.75) is 12.5 Å². The number of anilines is 1. The first-order valence-corrected chi connectivity index (χ1v) is 8.59. The number of thiophene rings is 1. The van der Waals surface area contributed by atoms with E-state index in [1.807, 2.05) is 34.2 Å². The van der Waals surface area contributed by atoms with Crippen LogP contribution in [0.4, 0.5) is 5.82 Å². The van der Waals surface area contributed by atoms with E-state index in [9.17, 15) is 4.79 Å². The summed E-state index contributed by atoms with van der Waals surface area (Å²) < 4.78 is 1.85. The third-order valence-corrected chi connectivity index (χ3v) is 4.81. The molecule has 1 N–H and O–H groups in total. The van der Waals surface area contributed by atoms with Crippen LogP contribution in [0.2, 0.25) is 0 Å². The van der Waals surface area contributed by atoms with Gasteiger partial charge < -0.3 is 10.2 Å². The lowest BCUT2D eigenvalue weighted by Crippen LogP contribution is -2.36.